The highest BCUT2D eigenvalue weighted by Gasteiger charge is 2.42. The molecule has 1 aromatic rings. The number of benzene rings is 1. The topological polar surface area (TPSA) is 29.5 Å². The lowest BCUT2D eigenvalue weighted by Crippen LogP contribution is -2.34. The number of esters is 1. The smallest absolute Gasteiger partial charge is 0.316 e. The van der Waals surface area contributed by atoms with Gasteiger partial charge in [-0.3, -0.25) is 4.79 Å². The lowest BCUT2D eigenvalue weighted by atomic mass is 9.69. The molecule has 0 radical (unpaired) electrons. The summed E-state index contributed by atoms with van der Waals surface area (Å²) in [6.45, 7) is 6.44. The Kier molecular flexibility index (Phi) is 5.43. The zero-order chi connectivity index (χ0) is 19.1. The van der Waals surface area contributed by atoms with E-state index in [-0.39, 0.29) is 11.8 Å². The van der Waals surface area contributed by atoms with E-state index in [1.54, 1.807) is 6.07 Å². The molecule has 2 aliphatic carbocycles. The summed E-state index contributed by atoms with van der Waals surface area (Å²) >= 11 is 0. The summed E-state index contributed by atoms with van der Waals surface area (Å²) in [6, 6.07) is 4.86. The van der Waals surface area contributed by atoms with Crippen LogP contribution in [0.5, 0.6) is 5.75 Å². The molecule has 2 fully saturated rings. The van der Waals surface area contributed by atoms with E-state index in [0.717, 1.165) is 30.4 Å². The Hall–Kier alpha value is -1.42. The molecule has 3 rings (SSSR count). The molecular formula is C22H32FNO2. The van der Waals surface area contributed by atoms with Crippen LogP contribution in [0.3, 0.4) is 0 Å². The molecule has 0 amide bonds. The maximum atomic E-state index is 14.3. The average molecular weight is 362 g/mol. The van der Waals surface area contributed by atoms with Crippen LogP contribution in [-0.4, -0.2) is 31.5 Å². The SMILES string of the molecule is CN(C)C[C@H]1[C@H]2CC[C@H](C2)C[C@H]1c1cc(F)cc(OC(=O)C(C)(C)C)c1. The Morgan fingerprint density at radius 3 is 2.58 bits per heavy atom. The number of hydrogen-bond donors (Lipinski definition) is 0. The quantitative estimate of drug-likeness (QED) is 0.567. The Balaban J connectivity index is 1.88. The van der Waals surface area contributed by atoms with Gasteiger partial charge in [-0.25, -0.2) is 4.39 Å². The standard InChI is InChI=1S/C22H32FNO2/c1-22(2,3)21(25)26-18-11-16(10-17(23)12-18)19-9-14-6-7-15(8-14)20(19)13-24(4)5/h10-12,14-15,19-20H,6-9,13H2,1-5H3/t14-,15+,19+,20+/m1/s1. The zero-order valence-corrected chi connectivity index (χ0v) is 16.7. The molecular weight excluding hydrogens is 329 g/mol. The maximum Gasteiger partial charge on any atom is 0.316 e. The van der Waals surface area contributed by atoms with Gasteiger partial charge in [0.2, 0.25) is 0 Å². The fraction of sp³-hybridized carbons (Fsp3) is 0.682. The third-order valence-corrected chi connectivity index (χ3v) is 6.01. The number of ether oxygens (including phenoxy) is 1. The summed E-state index contributed by atoms with van der Waals surface area (Å²) in [7, 11) is 4.22. The number of carbonyl (C=O) groups is 1. The normalized spacial score (nSPS) is 28.4. The van der Waals surface area contributed by atoms with Gasteiger partial charge in [-0.1, -0.05) is 6.42 Å². The molecule has 0 spiro atoms. The Bertz CT molecular complexity index is 665. The number of rotatable bonds is 4. The van der Waals surface area contributed by atoms with Gasteiger partial charge in [0.05, 0.1) is 5.41 Å². The van der Waals surface area contributed by atoms with Crippen LogP contribution in [0.15, 0.2) is 18.2 Å². The van der Waals surface area contributed by atoms with Crippen molar-refractivity contribution in [3.05, 3.63) is 29.6 Å². The third-order valence-electron chi connectivity index (χ3n) is 6.01. The molecule has 2 bridgehead atoms. The second kappa shape index (κ2) is 7.30. The summed E-state index contributed by atoms with van der Waals surface area (Å²) in [5.74, 6) is 2.05. The maximum absolute atomic E-state index is 14.3. The molecule has 2 aliphatic rings. The van der Waals surface area contributed by atoms with Crippen LogP contribution in [-0.2, 0) is 4.79 Å². The van der Waals surface area contributed by atoms with Crippen molar-refractivity contribution in [1.82, 2.24) is 4.90 Å². The van der Waals surface area contributed by atoms with Crippen LogP contribution in [0.4, 0.5) is 4.39 Å². The Labute approximate surface area is 156 Å². The zero-order valence-electron chi connectivity index (χ0n) is 16.7. The van der Waals surface area contributed by atoms with Gasteiger partial charge in [-0.15, -0.1) is 0 Å². The second-order valence-electron chi connectivity index (χ2n) is 9.57. The van der Waals surface area contributed by atoms with E-state index in [9.17, 15) is 9.18 Å². The lowest BCUT2D eigenvalue weighted by Gasteiger charge is -2.38. The predicted octanol–water partition coefficient (Wildman–Crippen LogP) is 4.86. The van der Waals surface area contributed by atoms with Crippen molar-refractivity contribution in [2.24, 2.45) is 23.2 Å². The summed E-state index contributed by atoms with van der Waals surface area (Å²) in [5, 5.41) is 0. The summed E-state index contributed by atoms with van der Waals surface area (Å²) in [6.07, 6.45) is 5.02. The van der Waals surface area contributed by atoms with Gasteiger partial charge in [-0.05, 0) is 95.5 Å². The molecule has 0 heterocycles. The van der Waals surface area contributed by atoms with Crippen LogP contribution in [0.2, 0.25) is 0 Å². The van der Waals surface area contributed by atoms with E-state index >= 15 is 0 Å². The highest BCUT2D eigenvalue weighted by molar-refractivity contribution is 5.77. The van der Waals surface area contributed by atoms with E-state index in [1.807, 2.05) is 26.8 Å². The van der Waals surface area contributed by atoms with Crippen molar-refractivity contribution < 1.29 is 13.9 Å². The first kappa shape index (κ1) is 19.3. The minimum atomic E-state index is -0.607. The molecule has 1 aromatic carbocycles. The van der Waals surface area contributed by atoms with Crippen LogP contribution in [0.25, 0.3) is 0 Å². The Morgan fingerprint density at radius 1 is 1.19 bits per heavy atom. The molecule has 0 aliphatic heterocycles. The molecule has 4 atom stereocenters. The largest absolute Gasteiger partial charge is 0.426 e. The molecule has 0 saturated heterocycles. The molecule has 2 saturated carbocycles. The van der Waals surface area contributed by atoms with Gasteiger partial charge < -0.3 is 9.64 Å². The number of carbonyl (C=O) groups excluding carboxylic acids is 1. The van der Waals surface area contributed by atoms with Crippen molar-refractivity contribution >= 4 is 5.97 Å². The Morgan fingerprint density at radius 2 is 1.92 bits per heavy atom. The molecule has 144 valence electrons. The van der Waals surface area contributed by atoms with Crippen LogP contribution in [0.1, 0.15) is 57.9 Å². The van der Waals surface area contributed by atoms with Gasteiger partial charge in [-0.2, -0.15) is 0 Å². The molecule has 4 heteroatoms. The number of nitrogens with zero attached hydrogens (tertiary/aromatic N) is 1. The highest BCUT2D eigenvalue weighted by Crippen LogP contribution is 2.52. The summed E-state index contributed by atoms with van der Waals surface area (Å²) in [4.78, 5) is 14.5. The molecule has 0 N–H and O–H groups in total. The van der Waals surface area contributed by atoms with Crippen molar-refractivity contribution in [2.75, 3.05) is 20.6 Å². The van der Waals surface area contributed by atoms with Gasteiger partial charge >= 0.3 is 5.97 Å². The van der Waals surface area contributed by atoms with Gasteiger partial charge in [0.1, 0.15) is 11.6 Å². The minimum absolute atomic E-state index is 0.319. The number of fused-ring (bicyclic) bond motifs is 2. The van der Waals surface area contributed by atoms with Crippen LogP contribution < -0.4 is 4.74 Å². The summed E-state index contributed by atoms with van der Waals surface area (Å²) < 4.78 is 19.8. The molecule has 0 unspecified atom stereocenters. The number of halogens is 1. The van der Waals surface area contributed by atoms with E-state index in [0.29, 0.717) is 17.6 Å². The van der Waals surface area contributed by atoms with Crippen molar-refractivity contribution in [3.8, 4) is 5.75 Å². The van der Waals surface area contributed by atoms with Crippen LogP contribution in [0, 0.1) is 29.0 Å². The fourth-order valence-electron chi connectivity index (χ4n) is 4.78. The van der Waals surface area contributed by atoms with Crippen LogP contribution >= 0.6 is 0 Å². The minimum Gasteiger partial charge on any atom is -0.426 e. The fourth-order valence-corrected chi connectivity index (χ4v) is 4.78. The highest BCUT2D eigenvalue weighted by atomic mass is 19.1. The first-order valence-electron chi connectivity index (χ1n) is 9.81. The third kappa shape index (κ3) is 4.28. The number of hydrogen-bond acceptors (Lipinski definition) is 3. The van der Waals surface area contributed by atoms with Gasteiger partial charge in [0.25, 0.3) is 0 Å². The first-order valence-corrected chi connectivity index (χ1v) is 9.81. The van der Waals surface area contributed by atoms with E-state index in [2.05, 4.69) is 19.0 Å². The predicted molar refractivity (Wildman–Crippen MR) is 102 cm³/mol. The van der Waals surface area contributed by atoms with Gasteiger partial charge in [0, 0.05) is 12.6 Å². The monoisotopic (exact) mass is 361 g/mol. The van der Waals surface area contributed by atoms with E-state index < -0.39 is 5.41 Å². The summed E-state index contributed by atoms with van der Waals surface area (Å²) in [5.41, 5.74) is 0.384. The van der Waals surface area contributed by atoms with Crippen molar-refractivity contribution in [2.45, 2.75) is 52.4 Å². The average Bonchev–Trinajstić information content (AvgIpc) is 2.91. The van der Waals surface area contributed by atoms with Crippen molar-refractivity contribution in [3.63, 3.8) is 0 Å². The van der Waals surface area contributed by atoms with Crippen molar-refractivity contribution in [1.29, 1.82) is 0 Å². The van der Waals surface area contributed by atoms with Gasteiger partial charge in [0.15, 0.2) is 0 Å². The molecule has 0 aromatic heterocycles. The molecule has 26 heavy (non-hydrogen) atoms. The lowest BCUT2D eigenvalue weighted by molar-refractivity contribution is -0.143. The first-order chi connectivity index (χ1) is 12.1. The van der Waals surface area contributed by atoms with E-state index in [1.165, 1.54) is 25.3 Å². The molecule has 3 nitrogen and oxygen atoms in total. The second-order valence-corrected chi connectivity index (χ2v) is 9.57. The van der Waals surface area contributed by atoms with E-state index in [4.69, 9.17) is 4.74 Å².